The predicted octanol–water partition coefficient (Wildman–Crippen LogP) is 6.95. The number of carbonyl (C=O) groups is 2. The molecule has 2 atom stereocenters. The van der Waals surface area contributed by atoms with Crippen molar-refractivity contribution in [1.82, 2.24) is 34.5 Å². The van der Waals surface area contributed by atoms with Crippen LogP contribution >= 0.6 is 11.6 Å². The fourth-order valence-electron chi connectivity index (χ4n) is 11.4. The average Bonchev–Trinajstić information content (AvgIpc) is 4.12. The number of hydrogen-bond acceptors (Lipinski definition) is 12. The first-order valence-electron chi connectivity index (χ1n) is 23.6. The maximum atomic E-state index is 15.2. The van der Waals surface area contributed by atoms with Crippen molar-refractivity contribution in [3.63, 3.8) is 0 Å². The number of nitrogens with zero attached hydrogens (tertiary/aromatic N) is 8. The van der Waals surface area contributed by atoms with Crippen LogP contribution in [0.4, 0.5) is 37.6 Å². The van der Waals surface area contributed by atoms with Crippen molar-refractivity contribution in [2.24, 2.45) is 31.3 Å². The summed E-state index contributed by atoms with van der Waals surface area (Å²) in [6.45, 7) is 6.00. The number of piperazine rings is 1. The topological polar surface area (TPSA) is 155 Å². The number of aromatic nitrogens is 5. The Kier molecular flexibility index (Phi) is 10.9. The van der Waals surface area contributed by atoms with Gasteiger partial charge >= 0.3 is 5.92 Å². The summed E-state index contributed by atoms with van der Waals surface area (Å²) in [6, 6.07) is 10.7. The minimum Gasteiger partial charge on any atom is -0.480 e. The van der Waals surface area contributed by atoms with E-state index in [1.165, 1.54) is 35.9 Å². The Morgan fingerprint density at radius 1 is 0.879 bits per heavy atom. The van der Waals surface area contributed by atoms with Gasteiger partial charge in [0.1, 0.15) is 5.02 Å². The first-order chi connectivity index (χ1) is 31.8. The van der Waals surface area contributed by atoms with E-state index in [1.54, 1.807) is 19.3 Å². The van der Waals surface area contributed by atoms with Crippen molar-refractivity contribution >= 4 is 74.0 Å². The van der Waals surface area contributed by atoms with Gasteiger partial charge in [0, 0.05) is 88.5 Å². The number of imide groups is 1. The Morgan fingerprint density at radius 2 is 1.65 bits per heavy atom. The van der Waals surface area contributed by atoms with Gasteiger partial charge in [-0.25, -0.2) is 13.8 Å². The summed E-state index contributed by atoms with van der Waals surface area (Å²) >= 11 is 6.67. The van der Waals surface area contributed by atoms with Crippen molar-refractivity contribution in [1.29, 1.82) is 0 Å². The van der Waals surface area contributed by atoms with Crippen LogP contribution in [0, 0.1) is 17.3 Å². The number of ether oxygens (including phenoxy) is 1. The highest BCUT2D eigenvalue weighted by molar-refractivity contribution is 6.33. The molecule has 0 bridgehead atoms. The number of pyridine rings is 1. The Morgan fingerprint density at radius 3 is 2.39 bits per heavy atom. The minimum atomic E-state index is -3.12. The summed E-state index contributed by atoms with van der Waals surface area (Å²) in [5.74, 6) is -2.53. The standard InChI is InChI=1S/C48H56ClF2N11O4/c1-58-36-9-5-30(23-34(36)40-41(45(58)65)66-27-48(50,51)42(55-40)29-3-4-29)53-43-35(49)25-52-46(56-43)62-17-15-47(16-18-62)13-11-28(12-14-47)26-60-19-21-61(22-20-60)31-6-7-32-37(24-31)59(2)57-39(32)33-8-10-38(63)54-44(33)64/h5-7,9,23-25,28-29,33,42,55H,3-4,8,10-22,26-27H2,1-2H3,(H,52,53,56)(H,54,63,64). The first-order valence-corrected chi connectivity index (χ1v) is 24.0. The smallest absolute Gasteiger partial charge is 0.301 e. The van der Waals surface area contributed by atoms with E-state index in [9.17, 15) is 14.4 Å². The van der Waals surface area contributed by atoms with Crippen LogP contribution in [-0.4, -0.2) is 105 Å². The van der Waals surface area contributed by atoms with E-state index in [4.69, 9.17) is 26.4 Å². The van der Waals surface area contributed by atoms with E-state index in [2.05, 4.69) is 53.8 Å². The summed E-state index contributed by atoms with van der Waals surface area (Å²) in [5.41, 5.74) is 4.30. The molecule has 5 aromatic rings. The van der Waals surface area contributed by atoms with E-state index in [0.29, 0.717) is 70.4 Å². The largest absolute Gasteiger partial charge is 0.480 e. The third-order valence-electron chi connectivity index (χ3n) is 15.6. The van der Waals surface area contributed by atoms with E-state index < -0.39 is 30.0 Å². The van der Waals surface area contributed by atoms with Gasteiger partial charge in [0.2, 0.25) is 23.5 Å². The SMILES string of the molecule is Cn1nc(C2CCC(=O)NC2=O)c2ccc(N3CCN(CC4CCC5(CC4)CCN(c4ncc(Cl)c(Nc6ccc7c(c6)c6c(c(=O)n7C)OCC(F)(F)C(C7CC7)N6)n4)CC5)CC3)cc21. The second-order valence-electron chi connectivity index (χ2n) is 19.7. The van der Waals surface area contributed by atoms with Gasteiger partial charge in [-0.15, -0.1) is 0 Å². The van der Waals surface area contributed by atoms with Gasteiger partial charge in [-0.3, -0.25) is 29.3 Å². The molecule has 7 heterocycles. The summed E-state index contributed by atoms with van der Waals surface area (Å²) < 4.78 is 39.2. The van der Waals surface area contributed by atoms with Crippen molar-refractivity contribution in [3.8, 4) is 5.75 Å². The Hall–Kier alpha value is -5.55. The summed E-state index contributed by atoms with van der Waals surface area (Å²) in [4.78, 5) is 54.5. The zero-order chi connectivity index (χ0) is 45.5. The fraction of sp³-hybridized carbons (Fsp3) is 0.542. The number of hydrogen-bond donors (Lipinski definition) is 3. The molecule has 6 aliphatic rings. The highest BCUT2D eigenvalue weighted by atomic mass is 35.5. The minimum absolute atomic E-state index is 0.0961. The summed E-state index contributed by atoms with van der Waals surface area (Å²) in [7, 11) is 3.54. The molecule has 2 aliphatic carbocycles. The number of amides is 2. The molecule has 1 spiro atoms. The lowest BCUT2D eigenvalue weighted by molar-refractivity contribution is -0.134. The second kappa shape index (κ2) is 16.6. The average molecular weight is 924 g/mol. The molecular formula is C48H56ClF2N11O4. The molecule has 3 saturated heterocycles. The molecule has 3 N–H and O–H groups in total. The van der Waals surface area contributed by atoms with Crippen LogP contribution in [0.25, 0.3) is 21.8 Å². The molecule has 2 unspecified atom stereocenters. The number of carbonyl (C=O) groups excluding carboxylic acids is 2. The number of rotatable bonds is 8. The quantitative estimate of drug-likeness (QED) is 0.138. The number of anilines is 5. The molecule has 2 saturated carbocycles. The molecule has 2 amide bonds. The fourth-order valence-corrected chi connectivity index (χ4v) is 11.5. The number of alkyl halides is 2. The number of nitrogens with one attached hydrogen (secondary N) is 3. The Labute approximate surface area is 386 Å². The van der Waals surface area contributed by atoms with Gasteiger partial charge in [-0.05, 0) is 111 Å². The second-order valence-corrected chi connectivity index (χ2v) is 20.1. The van der Waals surface area contributed by atoms with Crippen LogP contribution in [0.15, 0.2) is 47.4 Å². The number of aryl methyl sites for hydroxylation is 2. The molecule has 0 radical (unpaired) electrons. The maximum absolute atomic E-state index is 15.2. The maximum Gasteiger partial charge on any atom is 0.301 e. The lowest BCUT2D eigenvalue weighted by Gasteiger charge is -2.47. The molecule has 348 valence electrons. The Balaban J connectivity index is 0.686. The summed E-state index contributed by atoms with van der Waals surface area (Å²) in [5, 5.41) is 15.5. The van der Waals surface area contributed by atoms with E-state index >= 15 is 8.78 Å². The molecule has 15 nitrogen and oxygen atoms in total. The lowest BCUT2D eigenvalue weighted by atomic mass is 9.65. The van der Waals surface area contributed by atoms with Crippen LogP contribution < -0.4 is 36.0 Å². The lowest BCUT2D eigenvalue weighted by Crippen LogP contribution is -2.48. The van der Waals surface area contributed by atoms with Crippen molar-refractivity contribution < 1.29 is 23.1 Å². The van der Waals surface area contributed by atoms with E-state index in [1.807, 2.05) is 23.9 Å². The molecule has 18 heteroatoms. The zero-order valence-electron chi connectivity index (χ0n) is 37.4. The van der Waals surface area contributed by atoms with Crippen molar-refractivity contribution in [2.45, 2.75) is 82.1 Å². The molecule has 3 aromatic heterocycles. The van der Waals surface area contributed by atoms with Crippen molar-refractivity contribution in [2.75, 3.05) is 72.9 Å². The van der Waals surface area contributed by atoms with Crippen LogP contribution in [-0.2, 0) is 23.7 Å². The number of piperidine rings is 2. The first kappa shape index (κ1) is 43.0. The van der Waals surface area contributed by atoms with Gasteiger partial charge in [0.25, 0.3) is 5.56 Å². The molecule has 5 fully saturated rings. The van der Waals surface area contributed by atoms with Crippen molar-refractivity contribution in [3.05, 3.63) is 63.7 Å². The van der Waals surface area contributed by atoms with Crippen LogP contribution in [0.2, 0.25) is 5.02 Å². The monoisotopic (exact) mass is 923 g/mol. The predicted molar refractivity (Wildman–Crippen MR) is 250 cm³/mol. The molecule has 11 rings (SSSR count). The molecule has 2 aromatic carbocycles. The third-order valence-corrected chi connectivity index (χ3v) is 15.8. The van der Waals surface area contributed by atoms with Gasteiger partial charge < -0.3 is 29.7 Å². The highest BCUT2D eigenvalue weighted by Gasteiger charge is 2.51. The molecule has 66 heavy (non-hydrogen) atoms. The molecule has 4 aliphatic heterocycles. The van der Waals surface area contributed by atoms with Crippen LogP contribution in [0.1, 0.15) is 75.8 Å². The number of halogens is 3. The van der Waals surface area contributed by atoms with E-state index in [0.717, 1.165) is 75.3 Å². The van der Waals surface area contributed by atoms with Gasteiger partial charge in [0.15, 0.2) is 12.4 Å². The zero-order valence-corrected chi connectivity index (χ0v) is 38.2. The number of fused-ring (bicyclic) bond motifs is 4. The third kappa shape index (κ3) is 7.98. The Bertz CT molecular complexity index is 2790. The van der Waals surface area contributed by atoms with E-state index in [-0.39, 0.29) is 29.2 Å². The van der Waals surface area contributed by atoms with Gasteiger partial charge in [0.05, 0.1) is 40.6 Å². The van der Waals surface area contributed by atoms with Crippen LogP contribution in [0.5, 0.6) is 5.75 Å². The van der Waals surface area contributed by atoms with Gasteiger partial charge in [-0.2, -0.15) is 10.1 Å². The molecular weight excluding hydrogens is 868 g/mol. The summed E-state index contributed by atoms with van der Waals surface area (Å²) in [6.07, 6.45) is 11.0. The normalized spacial score (nSPS) is 23.7. The van der Waals surface area contributed by atoms with Crippen LogP contribution in [0.3, 0.4) is 0 Å². The number of benzene rings is 2. The highest BCUT2D eigenvalue weighted by Crippen LogP contribution is 2.48. The van der Waals surface area contributed by atoms with Gasteiger partial charge in [-0.1, -0.05) is 11.6 Å².